The van der Waals surface area contributed by atoms with Gasteiger partial charge in [-0.25, -0.2) is 0 Å². The molecule has 0 atom stereocenters. The summed E-state index contributed by atoms with van der Waals surface area (Å²) >= 11 is 0. The minimum atomic E-state index is 0.740. The second-order valence-corrected chi connectivity index (χ2v) is 2.02. The zero-order valence-corrected chi connectivity index (χ0v) is 5.38. The van der Waals surface area contributed by atoms with Gasteiger partial charge in [0.25, 0.3) is 0 Å². The molecule has 0 fully saturated rings. The molecule has 0 saturated heterocycles. The average Bonchev–Trinajstić information content (AvgIpc) is 1.91. The first kappa shape index (κ1) is 6.37. The number of rotatable bonds is 2. The highest BCUT2D eigenvalue weighted by molar-refractivity contribution is 6.53. The van der Waals surface area contributed by atoms with Gasteiger partial charge in [-0.3, -0.25) is 0 Å². The quantitative estimate of drug-likeness (QED) is 0.529. The number of hydrogen-bond acceptors (Lipinski definition) is 1. The third-order valence-corrected chi connectivity index (χ3v) is 1.28. The van der Waals surface area contributed by atoms with Crippen molar-refractivity contribution in [2.24, 2.45) is 5.73 Å². The minimum Gasteiger partial charge on any atom is -0.337 e. The van der Waals surface area contributed by atoms with Gasteiger partial charge in [-0.05, 0) is 6.44 Å². The van der Waals surface area contributed by atoms with Crippen molar-refractivity contribution in [1.29, 1.82) is 0 Å². The molecule has 0 spiro atoms. The second kappa shape index (κ2) is 3.31. The van der Waals surface area contributed by atoms with Gasteiger partial charge in [-0.1, -0.05) is 35.8 Å². The Morgan fingerprint density at radius 3 is 2.44 bits per heavy atom. The predicted molar refractivity (Wildman–Crippen MR) is 42.3 cm³/mol. The molecule has 0 radical (unpaired) electrons. The zero-order valence-electron chi connectivity index (χ0n) is 5.38. The number of hydrogen-bond donors (Lipinski definition) is 1. The van der Waals surface area contributed by atoms with E-state index in [1.807, 2.05) is 18.2 Å². The maximum atomic E-state index is 5.36. The molecule has 1 nitrogen and oxygen atoms in total. The highest BCUT2D eigenvalue weighted by Crippen LogP contribution is 1.79. The molecule has 0 unspecified atom stereocenters. The highest BCUT2D eigenvalue weighted by Gasteiger charge is 1.87. The summed E-state index contributed by atoms with van der Waals surface area (Å²) in [6, 6.07) is 10.3. The Morgan fingerprint density at radius 1 is 1.22 bits per heavy atom. The van der Waals surface area contributed by atoms with Crippen LogP contribution in [-0.4, -0.2) is 13.7 Å². The van der Waals surface area contributed by atoms with E-state index in [2.05, 4.69) is 12.1 Å². The summed E-state index contributed by atoms with van der Waals surface area (Å²) in [5.41, 5.74) is 6.68. The van der Waals surface area contributed by atoms with Gasteiger partial charge in [0, 0.05) is 0 Å². The van der Waals surface area contributed by atoms with Crippen molar-refractivity contribution in [1.82, 2.24) is 0 Å². The van der Waals surface area contributed by atoms with Gasteiger partial charge in [0.2, 0.25) is 0 Å². The van der Waals surface area contributed by atoms with Crippen LogP contribution in [0.5, 0.6) is 0 Å². The van der Waals surface area contributed by atoms with Crippen molar-refractivity contribution in [3.63, 3.8) is 0 Å². The lowest BCUT2D eigenvalue weighted by atomic mass is 9.71. The molecule has 0 heterocycles. The third kappa shape index (κ3) is 1.90. The Kier molecular flexibility index (Phi) is 2.34. The van der Waals surface area contributed by atoms with E-state index in [9.17, 15) is 0 Å². The summed E-state index contributed by atoms with van der Waals surface area (Å²) in [5, 5.41) is 0. The molecule has 46 valence electrons. The van der Waals surface area contributed by atoms with Gasteiger partial charge in [0.05, 0.1) is 0 Å². The van der Waals surface area contributed by atoms with E-state index in [0.717, 1.165) is 13.7 Å². The van der Waals surface area contributed by atoms with E-state index < -0.39 is 0 Å². The molecular weight excluding hydrogens is 109 g/mol. The summed E-state index contributed by atoms with van der Waals surface area (Å²) < 4.78 is 0. The van der Waals surface area contributed by atoms with Crippen LogP contribution in [0.2, 0.25) is 0 Å². The highest BCUT2D eigenvalue weighted by atomic mass is 14.5. The summed E-state index contributed by atoms with van der Waals surface area (Å²) in [5.74, 6) is 0. The molecule has 0 saturated carbocycles. The molecule has 1 aromatic carbocycles. The maximum absolute atomic E-state index is 5.36. The minimum absolute atomic E-state index is 0.740. The van der Waals surface area contributed by atoms with Crippen LogP contribution < -0.4 is 11.2 Å². The largest absolute Gasteiger partial charge is 0.337 e. The van der Waals surface area contributed by atoms with E-state index in [-0.39, 0.29) is 0 Å². The van der Waals surface area contributed by atoms with Crippen molar-refractivity contribution in [3.05, 3.63) is 30.3 Å². The molecule has 0 aromatic heterocycles. The smallest absolute Gasteiger partial charge is 0.173 e. The molecule has 0 aliphatic carbocycles. The van der Waals surface area contributed by atoms with Crippen LogP contribution in [0.3, 0.4) is 0 Å². The van der Waals surface area contributed by atoms with Crippen LogP contribution in [0, 0.1) is 0 Å². The van der Waals surface area contributed by atoms with Gasteiger partial charge in [0.1, 0.15) is 0 Å². The first-order valence-electron chi connectivity index (χ1n) is 3.17. The summed E-state index contributed by atoms with van der Waals surface area (Å²) in [7, 11) is 0.987. The van der Waals surface area contributed by atoms with Crippen molar-refractivity contribution < 1.29 is 0 Å². The van der Waals surface area contributed by atoms with Crippen LogP contribution >= 0.6 is 0 Å². The van der Waals surface area contributed by atoms with E-state index in [4.69, 9.17) is 5.73 Å². The topological polar surface area (TPSA) is 26.0 Å². The Balaban J connectivity index is 2.61. The Bertz CT molecular complexity index is 162. The van der Waals surface area contributed by atoms with Gasteiger partial charge in [-0.2, -0.15) is 0 Å². The normalized spacial score (nSPS) is 9.00. The molecule has 0 aliphatic heterocycles. The Hall–Kier alpha value is -0.755. The van der Waals surface area contributed by atoms with E-state index in [1.165, 1.54) is 5.46 Å². The molecule has 2 heteroatoms. The molecule has 9 heavy (non-hydrogen) atoms. The van der Waals surface area contributed by atoms with E-state index >= 15 is 0 Å². The molecule has 1 rings (SSSR count). The van der Waals surface area contributed by atoms with E-state index in [1.54, 1.807) is 0 Å². The second-order valence-electron chi connectivity index (χ2n) is 2.02. The van der Waals surface area contributed by atoms with Crippen LogP contribution in [-0.2, 0) is 0 Å². The lowest BCUT2D eigenvalue weighted by molar-refractivity contribution is 1.37. The van der Waals surface area contributed by atoms with Crippen molar-refractivity contribution in [2.75, 3.05) is 6.44 Å². The fourth-order valence-electron chi connectivity index (χ4n) is 0.811. The van der Waals surface area contributed by atoms with Gasteiger partial charge < -0.3 is 5.73 Å². The summed E-state index contributed by atoms with van der Waals surface area (Å²) in [6.07, 6.45) is 0.740. The van der Waals surface area contributed by atoms with Gasteiger partial charge >= 0.3 is 0 Å². The van der Waals surface area contributed by atoms with Gasteiger partial charge in [-0.15, -0.1) is 0 Å². The van der Waals surface area contributed by atoms with Crippen molar-refractivity contribution >= 4 is 12.7 Å². The van der Waals surface area contributed by atoms with Crippen LogP contribution in [0.4, 0.5) is 0 Å². The lowest BCUT2D eigenvalue weighted by Gasteiger charge is -1.91. The fraction of sp³-hybridized carbons (Fsp3) is 0.143. The van der Waals surface area contributed by atoms with E-state index in [0.29, 0.717) is 0 Å². The first-order chi connectivity index (χ1) is 4.43. The first-order valence-corrected chi connectivity index (χ1v) is 3.17. The van der Waals surface area contributed by atoms with Crippen LogP contribution in [0.25, 0.3) is 0 Å². The molecule has 0 amide bonds. The SMILES string of the molecule is NCBc1ccccc1. The van der Waals surface area contributed by atoms with Crippen LogP contribution in [0.1, 0.15) is 0 Å². The van der Waals surface area contributed by atoms with Crippen molar-refractivity contribution in [3.8, 4) is 0 Å². The predicted octanol–water partition coefficient (Wildman–Crippen LogP) is -0.335. The average molecular weight is 119 g/mol. The molecule has 2 N–H and O–H groups in total. The monoisotopic (exact) mass is 119 g/mol. The summed E-state index contributed by atoms with van der Waals surface area (Å²) in [6.45, 7) is 0. The lowest BCUT2D eigenvalue weighted by Crippen LogP contribution is -2.22. The Labute approximate surface area is 56.1 Å². The number of nitrogens with two attached hydrogens (primary N) is 1. The zero-order chi connectivity index (χ0) is 6.53. The third-order valence-electron chi connectivity index (χ3n) is 1.28. The number of benzene rings is 1. The molecule has 0 aliphatic rings. The van der Waals surface area contributed by atoms with Crippen LogP contribution in [0.15, 0.2) is 30.3 Å². The molecule has 1 aromatic rings. The molecule has 0 bridgehead atoms. The molecular formula is C7H10BN. The Morgan fingerprint density at radius 2 is 1.89 bits per heavy atom. The van der Waals surface area contributed by atoms with Crippen molar-refractivity contribution in [2.45, 2.75) is 0 Å². The summed E-state index contributed by atoms with van der Waals surface area (Å²) in [4.78, 5) is 0. The van der Waals surface area contributed by atoms with Gasteiger partial charge in [0.15, 0.2) is 7.28 Å². The maximum Gasteiger partial charge on any atom is 0.173 e. The standard InChI is InChI=1S/C7H10BN/c9-6-8-7-4-2-1-3-5-7/h1-5,8H,6,9H2. The fourth-order valence-corrected chi connectivity index (χ4v) is 0.811.